The Morgan fingerprint density at radius 3 is 2.06 bits per heavy atom. The summed E-state index contributed by atoms with van der Waals surface area (Å²) in [5.74, 6) is -0.517. The van der Waals surface area contributed by atoms with Gasteiger partial charge in [-0.25, -0.2) is 25.3 Å². The Labute approximate surface area is 465 Å². The summed E-state index contributed by atoms with van der Waals surface area (Å²) in [6.07, 6.45) is 0. The Morgan fingerprint density at radius 1 is 0.781 bits per heavy atom. The van der Waals surface area contributed by atoms with E-state index in [0.29, 0.717) is 50.5 Å². The van der Waals surface area contributed by atoms with Crippen LogP contribution in [-0.2, 0) is 57.7 Å². The van der Waals surface area contributed by atoms with E-state index in [9.17, 15) is 44.9 Å². The predicted molar refractivity (Wildman–Crippen MR) is 199 cm³/mol. The Kier molecular flexibility index (Phi) is 27.2. The van der Waals surface area contributed by atoms with Gasteiger partial charge in [-0.2, -0.15) is 19.3 Å². The van der Waals surface area contributed by atoms with Crippen molar-refractivity contribution >= 4 is 118 Å². The van der Waals surface area contributed by atoms with E-state index in [1.807, 2.05) is 4.90 Å². The molecule has 1 aliphatic heterocycles. The second kappa shape index (κ2) is 28.2. The van der Waals surface area contributed by atoms with Crippen molar-refractivity contribution in [1.82, 2.24) is 15.0 Å². The van der Waals surface area contributed by atoms with Gasteiger partial charge in [0, 0.05) is 18.8 Å². The molecule has 0 amide bonds. The molecule has 0 atom stereocenters. The number of halogens is 1. The van der Waals surface area contributed by atoms with Crippen LogP contribution in [0.25, 0.3) is 0 Å². The normalized spacial score (nSPS) is 13.2. The molecule has 1 aromatic heterocycles. The standard InChI is InChI=1S/C27H28ClN11O16S5.4Na/c28-25-32-26(34-27(33-25)39-5-7-50-8-6-39)31-14-1-4-19(56-54-52-40)17(11-14)36-38-24-22(29)18(13-21(23(24)30)60(47,48)49)37-35-16-3-2-15(12-20(16)59(44,45)46)58(42,43)10-9-51-57-55-53-41;;;;/h1-4,11-13,40-41H,5-10,29-30H2,(H,44,45,46)(H,47,48,49)(H,31,32,33,34);;;;/q;4*+1/p-4. The van der Waals surface area contributed by atoms with Gasteiger partial charge in [-0.3, -0.25) is 14.3 Å². The van der Waals surface area contributed by atoms with Gasteiger partial charge < -0.3 is 46.0 Å². The number of anilines is 5. The first kappa shape index (κ1) is 61.5. The molecule has 2 heterocycles. The minimum absolute atomic E-state index is 0. The first-order valence-electron chi connectivity index (χ1n) is 15.8. The number of morpholine rings is 1. The average Bonchev–Trinajstić information content (AvgIpc) is 3.19. The minimum Gasteiger partial charge on any atom is -0.744 e. The number of ether oxygens (including phenoxy) is 1. The number of hydrogen-bond donors (Lipinski definition) is 3. The molecular formula is C27H24ClN11Na4O16S5. The van der Waals surface area contributed by atoms with E-state index in [0.717, 1.165) is 12.1 Å². The summed E-state index contributed by atoms with van der Waals surface area (Å²) >= 11 is 6.55. The van der Waals surface area contributed by atoms with Gasteiger partial charge in [0.25, 0.3) is 0 Å². The van der Waals surface area contributed by atoms with E-state index < -0.39 is 85.6 Å². The molecule has 0 spiro atoms. The van der Waals surface area contributed by atoms with Gasteiger partial charge in [-0.05, 0) is 54.1 Å². The summed E-state index contributed by atoms with van der Waals surface area (Å²) in [6, 6.07) is 6.89. The second-order valence-corrected chi connectivity index (χ2v) is 17.6. The second-order valence-electron chi connectivity index (χ2n) is 11.2. The summed E-state index contributed by atoms with van der Waals surface area (Å²) in [6.45, 7) is 1.27. The van der Waals surface area contributed by atoms with Crippen LogP contribution in [0.15, 0.2) is 82.5 Å². The van der Waals surface area contributed by atoms with E-state index in [1.165, 1.54) is 18.2 Å². The molecule has 1 saturated heterocycles. The van der Waals surface area contributed by atoms with Crippen LogP contribution in [0.5, 0.6) is 0 Å². The van der Waals surface area contributed by atoms with Crippen LogP contribution in [-0.4, -0.2) is 88.0 Å². The number of azo groups is 2. The maximum atomic E-state index is 12.7. The Bertz CT molecular complexity index is 2630. The molecule has 4 aromatic rings. The zero-order valence-electron chi connectivity index (χ0n) is 33.5. The number of nitrogen functional groups attached to an aromatic ring is 2. The summed E-state index contributed by atoms with van der Waals surface area (Å²) in [5.41, 5.74) is 8.86. The van der Waals surface area contributed by atoms with Crippen LogP contribution in [0.3, 0.4) is 0 Å². The van der Waals surface area contributed by atoms with E-state index in [-0.39, 0.29) is 164 Å². The number of nitrogens with two attached hydrogens (primary N) is 2. The van der Waals surface area contributed by atoms with Crippen molar-refractivity contribution in [1.29, 1.82) is 0 Å². The maximum Gasteiger partial charge on any atom is 1.00 e. The third-order valence-corrected chi connectivity index (χ3v) is 12.1. The van der Waals surface area contributed by atoms with Crippen LogP contribution in [0.1, 0.15) is 0 Å². The number of benzene rings is 3. The maximum absolute atomic E-state index is 12.7. The van der Waals surface area contributed by atoms with Crippen molar-refractivity contribution in [3.63, 3.8) is 0 Å². The zero-order chi connectivity index (χ0) is 43.7. The fourth-order valence-electron chi connectivity index (χ4n) is 4.79. The molecule has 27 nitrogen and oxygen atoms in total. The Balaban J connectivity index is 0.00000512. The summed E-state index contributed by atoms with van der Waals surface area (Å²) < 4.78 is 117. The number of hydrogen-bond acceptors (Lipinski definition) is 29. The van der Waals surface area contributed by atoms with Gasteiger partial charge in [-0.15, -0.1) is 24.8 Å². The molecule has 37 heteroatoms. The van der Waals surface area contributed by atoms with Crippen LogP contribution in [0, 0.1) is 0 Å². The zero-order valence-corrected chi connectivity index (χ0v) is 46.3. The number of aromatic nitrogens is 3. The topological polar surface area (TPSA) is 405 Å². The van der Waals surface area contributed by atoms with Crippen molar-refractivity contribution in [2.45, 2.75) is 19.6 Å². The SMILES string of the molecule is Nc1c(N=Nc2ccc(S(=O)(=O)CCOSOO[O-])cc2S(=O)(=O)[O-])cc(S(=O)(=O)[O-])c(N)c1N=Nc1cc(Nc2nc(Cl)nc(N3CCOCC3)n2)ccc1SOO[O-].[Na+].[Na+].[Na+].[Na+]. The smallest absolute Gasteiger partial charge is 0.744 e. The monoisotopic (exact) mass is 1040 g/mol. The number of nitrogens with zero attached hydrogens (tertiary/aromatic N) is 8. The van der Waals surface area contributed by atoms with Crippen molar-refractivity contribution in [3.8, 4) is 0 Å². The molecule has 1 aliphatic rings. The molecule has 64 heavy (non-hydrogen) atoms. The van der Waals surface area contributed by atoms with Gasteiger partial charge in [0.1, 0.15) is 43.0 Å². The van der Waals surface area contributed by atoms with E-state index >= 15 is 0 Å². The van der Waals surface area contributed by atoms with Gasteiger partial charge in [0.15, 0.2) is 22.2 Å². The molecule has 0 radical (unpaired) electrons. The van der Waals surface area contributed by atoms with Gasteiger partial charge in [-0.1, -0.05) is 0 Å². The summed E-state index contributed by atoms with van der Waals surface area (Å²) in [7, 11) is -15.2. The van der Waals surface area contributed by atoms with Gasteiger partial charge in [0.05, 0.1) is 68.6 Å². The molecule has 5 N–H and O–H groups in total. The first-order chi connectivity index (χ1) is 28.4. The molecule has 0 aliphatic carbocycles. The fraction of sp³-hybridized carbons (Fsp3) is 0.222. The van der Waals surface area contributed by atoms with Crippen LogP contribution in [0.4, 0.5) is 51.7 Å². The van der Waals surface area contributed by atoms with Gasteiger partial charge in [0.2, 0.25) is 17.2 Å². The molecule has 0 unspecified atom stereocenters. The number of nitrogens with one attached hydrogen (secondary N) is 1. The first-order valence-corrected chi connectivity index (χ1v) is 22.0. The van der Waals surface area contributed by atoms with Crippen molar-refractivity contribution in [3.05, 3.63) is 47.7 Å². The molecule has 324 valence electrons. The average molecular weight is 1050 g/mol. The summed E-state index contributed by atoms with van der Waals surface area (Å²) in [5, 5.41) is 45.0. The largest absolute Gasteiger partial charge is 1.00 e. The Morgan fingerprint density at radius 2 is 1.42 bits per heavy atom. The van der Waals surface area contributed by atoms with E-state index in [2.05, 4.69) is 63.7 Å². The molecule has 5 rings (SSSR count). The molecule has 1 fully saturated rings. The Hall–Kier alpha value is -0.490. The van der Waals surface area contributed by atoms with Gasteiger partial charge >= 0.3 is 118 Å². The van der Waals surface area contributed by atoms with Crippen LogP contribution in [0.2, 0.25) is 5.28 Å². The third kappa shape index (κ3) is 17.5. The van der Waals surface area contributed by atoms with Crippen LogP contribution < -0.4 is 150 Å². The summed E-state index contributed by atoms with van der Waals surface area (Å²) in [4.78, 5) is 11.5. The number of sulfone groups is 1. The quantitative estimate of drug-likeness (QED) is 0.0115. The molecular weight excluding hydrogens is 1020 g/mol. The van der Waals surface area contributed by atoms with E-state index in [4.69, 9.17) is 27.8 Å². The molecule has 0 saturated carbocycles. The molecule has 3 aromatic carbocycles. The third-order valence-electron chi connectivity index (χ3n) is 7.47. The van der Waals surface area contributed by atoms with Crippen molar-refractivity contribution in [2.24, 2.45) is 20.5 Å². The molecule has 0 bridgehead atoms. The van der Waals surface area contributed by atoms with E-state index in [1.54, 1.807) is 0 Å². The van der Waals surface area contributed by atoms with Crippen molar-refractivity contribution in [2.75, 3.05) is 60.3 Å². The minimum atomic E-state index is -5.47. The van der Waals surface area contributed by atoms with Crippen molar-refractivity contribution < 1.29 is 191 Å². The van der Waals surface area contributed by atoms with Crippen LogP contribution >= 0.6 is 36.0 Å². The number of rotatable bonds is 19. The fourth-order valence-corrected chi connectivity index (χ4v) is 8.12. The predicted octanol–water partition coefficient (Wildman–Crippen LogP) is -10.3.